The lowest BCUT2D eigenvalue weighted by Gasteiger charge is -2.04. The van der Waals surface area contributed by atoms with Crippen LogP contribution in [-0.4, -0.2) is 0 Å². The monoisotopic (exact) mass is 521 g/mol. The van der Waals surface area contributed by atoms with Gasteiger partial charge in [-0.05, 0) is 24.8 Å². The first kappa shape index (κ1) is 35.4. The summed E-state index contributed by atoms with van der Waals surface area (Å²) in [4.78, 5) is 0. The molecule has 1 aromatic rings. The van der Waals surface area contributed by atoms with Crippen LogP contribution in [0.5, 0.6) is 0 Å². The number of rotatable bonds is 27. The standard InChI is InChI=1S/C34H64N.ClH/c1-3-5-7-9-11-13-15-16-17-19-21-23-25-27-31-35-32-29-34(30-33-35)28-26-24-22-20-18-14-12-10-8-6-4-2;/h29-30,32-33H,3-28,31H2,1-2H3;1H/q+1;/p-1. The summed E-state index contributed by atoms with van der Waals surface area (Å²) in [6, 6.07) is 4.72. The highest BCUT2D eigenvalue weighted by Gasteiger charge is 2.02. The van der Waals surface area contributed by atoms with Crippen molar-refractivity contribution < 1.29 is 17.0 Å². The Morgan fingerprint density at radius 1 is 0.417 bits per heavy atom. The Balaban J connectivity index is 0.0000122. The minimum atomic E-state index is 0. The van der Waals surface area contributed by atoms with Gasteiger partial charge in [-0.25, -0.2) is 4.57 Å². The number of hydrogen-bond donors (Lipinski definition) is 0. The van der Waals surface area contributed by atoms with Crippen LogP contribution in [0.15, 0.2) is 24.5 Å². The molecule has 0 aliphatic heterocycles. The second-order valence-corrected chi connectivity index (χ2v) is 11.3. The van der Waals surface area contributed by atoms with Crippen LogP contribution in [0, 0.1) is 0 Å². The quantitative estimate of drug-likeness (QED) is 0.0809. The zero-order valence-corrected chi connectivity index (χ0v) is 25.5. The molecular formula is C34H64ClN. The normalized spacial score (nSPS) is 11.1. The number of aromatic nitrogens is 1. The van der Waals surface area contributed by atoms with E-state index in [1.54, 1.807) is 0 Å². The maximum atomic E-state index is 2.39. The van der Waals surface area contributed by atoms with E-state index in [4.69, 9.17) is 0 Å². The molecule has 0 spiro atoms. The van der Waals surface area contributed by atoms with E-state index in [1.165, 1.54) is 179 Å². The van der Waals surface area contributed by atoms with Crippen molar-refractivity contribution in [3.05, 3.63) is 30.1 Å². The molecule has 0 aliphatic carbocycles. The Kier molecular flexibility index (Phi) is 28.6. The first-order valence-electron chi connectivity index (χ1n) is 16.3. The molecule has 2 heteroatoms. The topological polar surface area (TPSA) is 3.88 Å². The molecule has 0 saturated carbocycles. The largest absolute Gasteiger partial charge is 1.00 e. The van der Waals surface area contributed by atoms with E-state index in [0.717, 1.165) is 0 Å². The van der Waals surface area contributed by atoms with Gasteiger partial charge in [0.2, 0.25) is 0 Å². The molecule has 0 unspecified atom stereocenters. The summed E-state index contributed by atoms with van der Waals surface area (Å²) in [7, 11) is 0. The number of nitrogens with zero attached hydrogens (tertiary/aromatic N) is 1. The third-order valence-corrected chi connectivity index (χ3v) is 7.80. The van der Waals surface area contributed by atoms with E-state index in [1.807, 2.05) is 0 Å². The van der Waals surface area contributed by atoms with Crippen LogP contribution < -0.4 is 17.0 Å². The molecule has 0 radical (unpaired) electrons. The summed E-state index contributed by atoms with van der Waals surface area (Å²) in [5, 5.41) is 0. The lowest BCUT2D eigenvalue weighted by molar-refractivity contribution is -0.697. The molecule has 1 heterocycles. The van der Waals surface area contributed by atoms with Gasteiger partial charge < -0.3 is 12.4 Å². The Morgan fingerprint density at radius 3 is 1.08 bits per heavy atom. The van der Waals surface area contributed by atoms with E-state index >= 15 is 0 Å². The Bertz CT molecular complexity index is 526. The summed E-state index contributed by atoms with van der Waals surface area (Å²) in [5.74, 6) is 0. The van der Waals surface area contributed by atoms with Gasteiger partial charge in [0.05, 0.1) is 0 Å². The van der Waals surface area contributed by atoms with Crippen molar-refractivity contribution in [1.82, 2.24) is 0 Å². The Labute approximate surface area is 234 Å². The van der Waals surface area contributed by atoms with Gasteiger partial charge in [-0.3, -0.25) is 0 Å². The van der Waals surface area contributed by atoms with Crippen molar-refractivity contribution in [3.63, 3.8) is 0 Å². The third kappa shape index (κ3) is 23.8. The Morgan fingerprint density at radius 2 is 0.722 bits per heavy atom. The molecule has 0 fully saturated rings. The number of pyridine rings is 1. The zero-order valence-electron chi connectivity index (χ0n) is 24.7. The minimum absolute atomic E-state index is 0. The summed E-state index contributed by atoms with van der Waals surface area (Å²) in [6.45, 7) is 5.79. The van der Waals surface area contributed by atoms with Crippen LogP contribution >= 0.6 is 0 Å². The van der Waals surface area contributed by atoms with E-state index in [-0.39, 0.29) is 12.4 Å². The molecule has 0 amide bonds. The SMILES string of the molecule is CCCCCCCCCCCCCCCC[n+]1ccc(CCCCCCCCCCCCC)cc1.[Cl-]. The summed E-state index contributed by atoms with van der Waals surface area (Å²) >= 11 is 0. The average Bonchev–Trinajstić information content (AvgIpc) is 2.88. The second kappa shape index (κ2) is 29.0. The molecule has 0 aromatic carbocycles. The van der Waals surface area contributed by atoms with Gasteiger partial charge in [0, 0.05) is 18.6 Å². The van der Waals surface area contributed by atoms with Gasteiger partial charge in [-0.15, -0.1) is 0 Å². The van der Waals surface area contributed by atoms with E-state index in [9.17, 15) is 0 Å². The van der Waals surface area contributed by atoms with E-state index in [2.05, 4.69) is 42.9 Å². The molecule has 1 rings (SSSR count). The molecular weight excluding hydrogens is 458 g/mol. The first-order valence-corrected chi connectivity index (χ1v) is 16.3. The predicted octanol–water partition coefficient (Wildman–Crippen LogP) is 8.31. The fourth-order valence-corrected chi connectivity index (χ4v) is 5.29. The van der Waals surface area contributed by atoms with Crippen molar-refractivity contribution >= 4 is 0 Å². The van der Waals surface area contributed by atoms with Crippen molar-refractivity contribution in [2.45, 2.75) is 187 Å². The van der Waals surface area contributed by atoms with Crippen LogP contribution in [0.2, 0.25) is 0 Å². The maximum Gasteiger partial charge on any atom is 0.169 e. The molecule has 0 atom stereocenters. The summed E-state index contributed by atoms with van der Waals surface area (Å²) in [5.41, 5.74) is 1.53. The molecule has 0 saturated heterocycles. The highest BCUT2D eigenvalue weighted by molar-refractivity contribution is 5.07. The zero-order chi connectivity index (χ0) is 25.1. The molecule has 1 aromatic heterocycles. The number of halogens is 1. The minimum Gasteiger partial charge on any atom is -1.00 e. The third-order valence-electron chi connectivity index (χ3n) is 7.80. The van der Waals surface area contributed by atoms with Crippen LogP contribution in [-0.2, 0) is 13.0 Å². The van der Waals surface area contributed by atoms with Gasteiger partial charge in [-0.1, -0.05) is 155 Å². The van der Waals surface area contributed by atoms with Crippen molar-refractivity contribution in [3.8, 4) is 0 Å². The molecule has 0 aliphatic rings. The van der Waals surface area contributed by atoms with Gasteiger partial charge in [0.25, 0.3) is 0 Å². The lowest BCUT2D eigenvalue weighted by atomic mass is 10.0. The van der Waals surface area contributed by atoms with Crippen LogP contribution in [0.1, 0.15) is 180 Å². The maximum absolute atomic E-state index is 2.39. The molecule has 36 heavy (non-hydrogen) atoms. The smallest absolute Gasteiger partial charge is 0.169 e. The van der Waals surface area contributed by atoms with Gasteiger partial charge in [-0.2, -0.15) is 0 Å². The Hall–Kier alpha value is -0.560. The molecule has 212 valence electrons. The van der Waals surface area contributed by atoms with Gasteiger partial charge in [0.1, 0.15) is 6.54 Å². The summed E-state index contributed by atoms with van der Waals surface area (Å²) in [6.07, 6.45) is 41.7. The molecule has 1 nitrogen and oxygen atoms in total. The number of hydrogen-bond acceptors (Lipinski definition) is 0. The number of aryl methyl sites for hydroxylation is 2. The summed E-state index contributed by atoms with van der Waals surface area (Å²) < 4.78 is 2.39. The van der Waals surface area contributed by atoms with Gasteiger partial charge >= 0.3 is 0 Å². The molecule has 0 bridgehead atoms. The van der Waals surface area contributed by atoms with Crippen molar-refractivity contribution in [2.75, 3.05) is 0 Å². The lowest BCUT2D eigenvalue weighted by Crippen LogP contribution is -3.00. The predicted molar refractivity (Wildman–Crippen MR) is 157 cm³/mol. The average molecular weight is 522 g/mol. The van der Waals surface area contributed by atoms with Crippen LogP contribution in [0.4, 0.5) is 0 Å². The first-order chi connectivity index (χ1) is 17.4. The fourth-order valence-electron chi connectivity index (χ4n) is 5.29. The van der Waals surface area contributed by atoms with E-state index in [0.29, 0.717) is 0 Å². The van der Waals surface area contributed by atoms with Gasteiger partial charge in [0.15, 0.2) is 12.4 Å². The highest BCUT2D eigenvalue weighted by atomic mass is 35.5. The van der Waals surface area contributed by atoms with Crippen LogP contribution in [0.25, 0.3) is 0 Å². The molecule has 0 N–H and O–H groups in total. The van der Waals surface area contributed by atoms with E-state index < -0.39 is 0 Å². The number of unbranched alkanes of at least 4 members (excludes halogenated alkanes) is 23. The fraction of sp³-hybridized carbons (Fsp3) is 0.853. The second-order valence-electron chi connectivity index (χ2n) is 11.3. The van der Waals surface area contributed by atoms with Crippen molar-refractivity contribution in [1.29, 1.82) is 0 Å². The van der Waals surface area contributed by atoms with Crippen LogP contribution in [0.3, 0.4) is 0 Å². The highest BCUT2D eigenvalue weighted by Crippen LogP contribution is 2.14. The van der Waals surface area contributed by atoms with Crippen molar-refractivity contribution in [2.24, 2.45) is 0 Å².